The molecule has 4 rings (SSSR count). The van der Waals surface area contributed by atoms with Gasteiger partial charge in [-0.3, -0.25) is 14.3 Å². The summed E-state index contributed by atoms with van der Waals surface area (Å²) in [5.74, 6) is -0.0738. The second-order valence-electron chi connectivity index (χ2n) is 7.70. The third-order valence-electron chi connectivity index (χ3n) is 5.43. The molecular weight excluding hydrogens is 408 g/mol. The monoisotopic (exact) mass is 434 g/mol. The first-order valence-electron chi connectivity index (χ1n) is 10.5. The predicted octanol–water partition coefficient (Wildman–Crippen LogP) is 2.26. The molecule has 1 aliphatic rings. The van der Waals surface area contributed by atoms with Gasteiger partial charge in [0.25, 0.3) is 0 Å². The van der Waals surface area contributed by atoms with Crippen LogP contribution in [0, 0.1) is 6.92 Å². The third-order valence-corrected chi connectivity index (χ3v) is 5.43. The number of aromatic nitrogens is 2. The lowest BCUT2D eigenvalue weighted by molar-refractivity contribution is -0.117. The van der Waals surface area contributed by atoms with Crippen molar-refractivity contribution in [2.75, 3.05) is 43.4 Å². The minimum atomic E-state index is -0.258. The summed E-state index contributed by atoms with van der Waals surface area (Å²) in [6, 6.07) is 16.3. The highest BCUT2D eigenvalue weighted by atomic mass is 16.2. The topological polar surface area (TPSA) is 102 Å². The van der Waals surface area contributed by atoms with E-state index in [1.54, 1.807) is 23.2 Å². The smallest absolute Gasteiger partial charge is 0.325 e. The third kappa shape index (κ3) is 4.89. The van der Waals surface area contributed by atoms with E-state index in [1.165, 1.54) is 4.57 Å². The fourth-order valence-corrected chi connectivity index (χ4v) is 3.76. The summed E-state index contributed by atoms with van der Waals surface area (Å²) in [5, 5.41) is 5.81. The molecule has 0 unspecified atom stereocenters. The van der Waals surface area contributed by atoms with E-state index in [2.05, 4.69) is 15.6 Å². The molecular formula is C23H26N6O3. The Morgan fingerprint density at radius 1 is 0.938 bits per heavy atom. The quantitative estimate of drug-likeness (QED) is 0.573. The summed E-state index contributed by atoms with van der Waals surface area (Å²) in [5.41, 5.74) is 2.43. The number of nitrogens with zero attached hydrogens (tertiary/aromatic N) is 3. The van der Waals surface area contributed by atoms with Crippen LogP contribution < -0.4 is 16.3 Å². The molecule has 3 amide bonds. The van der Waals surface area contributed by atoms with Crippen LogP contribution in [0.15, 0.2) is 65.6 Å². The van der Waals surface area contributed by atoms with Crippen LogP contribution in [-0.2, 0) is 4.79 Å². The van der Waals surface area contributed by atoms with Crippen LogP contribution in [0.3, 0.4) is 0 Å². The standard InChI is InChI=1S/C23H26N6O3/c1-17-15-24-22(31)29(17)20-10-6-5-9-19(20)26-23(32)28-13-11-27(12-14-28)16-21(30)25-18-7-3-2-4-8-18/h2-10,15H,11-14,16H2,1H3,(H,24,31)(H,25,30)(H,26,32). The zero-order chi connectivity index (χ0) is 22.5. The summed E-state index contributed by atoms with van der Waals surface area (Å²) in [6.45, 7) is 4.33. The number of urea groups is 1. The van der Waals surface area contributed by atoms with Crippen LogP contribution in [0.2, 0.25) is 0 Å². The van der Waals surface area contributed by atoms with E-state index in [1.807, 2.05) is 54.3 Å². The van der Waals surface area contributed by atoms with Crippen molar-refractivity contribution in [3.8, 4) is 5.69 Å². The lowest BCUT2D eigenvalue weighted by atomic mass is 10.2. The van der Waals surface area contributed by atoms with Crippen LogP contribution in [-0.4, -0.2) is 64.0 Å². The molecule has 2 heterocycles. The van der Waals surface area contributed by atoms with Gasteiger partial charge in [0.15, 0.2) is 0 Å². The number of benzene rings is 2. The number of anilines is 2. The fourth-order valence-electron chi connectivity index (χ4n) is 3.76. The van der Waals surface area contributed by atoms with Crippen molar-refractivity contribution in [1.29, 1.82) is 0 Å². The van der Waals surface area contributed by atoms with Gasteiger partial charge in [-0.1, -0.05) is 30.3 Å². The van der Waals surface area contributed by atoms with E-state index in [0.717, 1.165) is 11.4 Å². The number of hydrogen-bond acceptors (Lipinski definition) is 4. The van der Waals surface area contributed by atoms with Gasteiger partial charge in [0.05, 0.1) is 17.9 Å². The number of H-pyrrole nitrogens is 1. The molecule has 32 heavy (non-hydrogen) atoms. The highest BCUT2D eigenvalue weighted by Crippen LogP contribution is 2.20. The summed E-state index contributed by atoms with van der Waals surface area (Å²) in [7, 11) is 0. The van der Waals surface area contributed by atoms with Gasteiger partial charge in [0.2, 0.25) is 5.91 Å². The number of rotatable bonds is 5. The first kappa shape index (κ1) is 21.4. The molecule has 0 bridgehead atoms. The SMILES string of the molecule is Cc1c[nH]c(=O)n1-c1ccccc1NC(=O)N1CCN(CC(=O)Nc2ccccc2)CC1. The highest BCUT2D eigenvalue weighted by molar-refractivity contribution is 5.93. The number of amides is 3. The Bertz CT molecular complexity index is 1150. The lowest BCUT2D eigenvalue weighted by Gasteiger charge is -2.34. The van der Waals surface area contributed by atoms with E-state index in [4.69, 9.17) is 0 Å². The Morgan fingerprint density at radius 3 is 2.31 bits per heavy atom. The maximum Gasteiger partial charge on any atom is 0.330 e. The Labute approximate surface area is 185 Å². The molecule has 1 saturated heterocycles. The normalized spacial score (nSPS) is 14.2. The molecule has 3 N–H and O–H groups in total. The van der Waals surface area contributed by atoms with Crippen LogP contribution in [0.5, 0.6) is 0 Å². The molecule has 3 aromatic rings. The maximum absolute atomic E-state index is 12.9. The van der Waals surface area contributed by atoms with Gasteiger partial charge in [-0.15, -0.1) is 0 Å². The van der Waals surface area contributed by atoms with E-state index < -0.39 is 0 Å². The van der Waals surface area contributed by atoms with Crippen LogP contribution in [0.25, 0.3) is 5.69 Å². The minimum absolute atomic E-state index is 0.0738. The number of piperazine rings is 1. The van der Waals surface area contributed by atoms with Gasteiger partial charge in [-0.05, 0) is 31.2 Å². The van der Waals surface area contributed by atoms with Crippen molar-refractivity contribution in [2.45, 2.75) is 6.92 Å². The van der Waals surface area contributed by atoms with Crippen molar-refractivity contribution < 1.29 is 9.59 Å². The summed E-state index contributed by atoms with van der Waals surface area (Å²) >= 11 is 0. The molecule has 0 aliphatic carbocycles. The zero-order valence-corrected chi connectivity index (χ0v) is 17.9. The number of para-hydroxylation sites is 3. The molecule has 9 nitrogen and oxygen atoms in total. The van der Waals surface area contributed by atoms with Gasteiger partial charge in [-0.25, -0.2) is 9.59 Å². The van der Waals surface area contributed by atoms with E-state index >= 15 is 0 Å². The van der Waals surface area contributed by atoms with E-state index in [-0.39, 0.29) is 24.2 Å². The van der Waals surface area contributed by atoms with Gasteiger partial charge in [0, 0.05) is 43.8 Å². The fraction of sp³-hybridized carbons (Fsp3) is 0.261. The summed E-state index contributed by atoms with van der Waals surface area (Å²) < 4.78 is 1.53. The largest absolute Gasteiger partial charge is 0.330 e. The average molecular weight is 435 g/mol. The average Bonchev–Trinajstić information content (AvgIpc) is 3.13. The molecule has 0 saturated carbocycles. The van der Waals surface area contributed by atoms with Crippen LogP contribution in [0.1, 0.15) is 5.69 Å². The maximum atomic E-state index is 12.9. The first-order chi connectivity index (χ1) is 15.5. The van der Waals surface area contributed by atoms with Crippen LogP contribution >= 0.6 is 0 Å². The predicted molar refractivity (Wildman–Crippen MR) is 123 cm³/mol. The molecule has 0 radical (unpaired) electrons. The number of imidazole rings is 1. The van der Waals surface area contributed by atoms with Gasteiger partial charge in [0.1, 0.15) is 0 Å². The first-order valence-corrected chi connectivity index (χ1v) is 10.5. The van der Waals surface area contributed by atoms with E-state index in [0.29, 0.717) is 37.6 Å². The molecule has 0 spiro atoms. The minimum Gasteiger partial charge on any atom is -0.325 e. The zero-order valence-electron chi connectivity index (χ0n) is 17.9. The molecule has 1 aliphatic heterocycles. The second-order valence-corrected chi connectivity index (χ2v) is 7.70. The van der Waals surface area contributed by atoms with Crippen molar-refractivity contribution >= 4 is 23.3 Å². The molecule has 166 valence electrons. The van der Waals surface area contributed by atoms with Crippen molar-refractivity contribution in [2.24, 2.45) is 0 Å². The highest BCUT2D eigenvalue weighted by Gasteiger charge is 2.23. The van der Waals surface area contributed by atoms with Crippen molar-refractivity contribution in [3.63, 3.8) is 0 Å². The number of nitrogens with one attached hydrogen (secondary N) is 3. The molecule has 1 fully saturated rings. The Balaban J connectivity index is 1.33. The van der Waals surface area contributed by atoms with Crippen LogP contribution in [0.4, 0.5) is 16.2 Å². The van der Waals surface area contributed by atoms with E-state index in [9.17, 15) is 14.4 Å². The van der Waals surface area contributed by atoms with Gasteiger partial charge in [-0.2, -0.15) is 0 Å². The number of hydrogen-bond donors (Lipinski definition) is 3. The Hall–Kier alpha value is -3.85. The Kier molecular flexibility index (Phi) is 6.37. The van der Waals surface area contributed by atoms with Crippen molar-refractivity contribution in [3.05, 3.63) is 77.0 Å². The van der Waals surface area contributed by atoms with Gasteiger partial charge < -0.3 is 20.5 Å². The molecule has 2 aromatic carbocycles. The lowest BCUT2D eigenvalue weighted by Crippen LogP contribution is -2.51. The number of carbonyl (C=O) groups excluding carboxylic acids is 2. The summed E-state index contributed by atoms with van der Waals surface area (Å²) in [4.78, 5) is 43.7. The molecule has 1 aromatic heterocycles. The molecule has 9 heteroatoms. The summed E-state index contributed by atoms with van der Waals surface area (Å²) in [6.07, 6.45) is 1.63. The number of aromatic amines is 1. The Morgan fingerprint density at radius 2 is 1.62 bits per heavy atom. The van der Waals surface area contributed by atoms with Gasteiger partial charge >= 0.3 is 11.7 Å². The molecule has 0 atom stereocenters. The number of aryl methyl sites for hydroxylation is 1. The van der Waals surface area contributed by atoms with Crippen molar-refractivity contribution in [1.82, 2.24) is 19.4 Å². The second kappa shape index (κ2) is 9.52. The number of carbonyl (C=O) groups is 2.